The number of rotatable bonds is 7. The number of nitrogens with zero attached hydrogens (tertiary/aromatic N) is 1. The number of aliphatic hydroxyl groups is 1. The summed E-state index contributed by atoms with van der Waals surface area (Å²) in [7, 11) is -1.71. The molecular weight excluding hydrogens is 480 g/mol. The number of methoxy groups -OCH3 is 1. The van der Waals surface area contributed by atoms with Crippen molar-refractivity contribution in [2.45, 2.75) is 17.5 Å². The van der Waals surface area contributed by atoms with Gasteiger partial charge in [0.25, 0.3) is 0 Å². The number of aromatic nitrogens is 1. The highest BCUT2D eigenvalue weighted by atomic mass is 79.9. The van der Waals surface area contributed by atoms with Gasteiger partial charge in [0, 0.05) is 50.8 Å². The maximum atomic E-state index is 12.1. The number of hydrogen-bond acceptors (Lipinski definition) is 5. The molecule has 0 saturated heterocycles. The van der Waals surface area contributed by atoms with Crippen LogP contribution in [-0.2, 0) is 16.4 Å². The van der Waals surface area contributed by atoms with Crippen molar-refractivity contribution in [1.29, 1.82) is 0 Å². The maximum absolute atomic E-state index is 12.1. The normalized spacial score (nSPS) is 12.9. The van der Waals surface area contributed by atoms with Crippen LogP contribution in [0.2, 0.25) is 0 Å². The molecule has 3 aromatic carbocycles. The highest BCUT2D eigenvalue weighted by Gasteiger charge is 2.17. The Morgan fingerprint density at radius 3 is 2.48 bits per heavy atom. The van der Waals surface area contributed by atoms with E-state index in [4.69, 9.17) is 4.74 Å². The number of nitrogens with one attached hydrogen (secondary N) is 1. The van der Waals surface area contributed by atoms with Crippen LogP contribution in [0.3, 0.4) is 0 Å². The van der Waals surface area contributed by atoms with Gasteiger partial charge in [0.05, 0.1) is 24.7 Å². The average molecular weight is 503 g/mol. The molecule has 162 valence electrons. The summed E-state index contributed by atoms with van der Waals surface area (Å²) in [5, 5.41) is 15.8. The number of ether oxygens (including phenoxy) is 1. The summed E-state index contributed by atoms with van der Waals surface area (Å²) in [6.07, 6.45) is 0.542. The highest BCUT2D eigenvalue weighted by Crippen LogP contribution is 2.33. The number of aliphatic hydroxyl groups excluding tert-OH is 1. The van der Waals surface area contributed by atoms with Crippen molar-refractivity contribution in [2.24, 2.45) is 0 Å². The van der Waals surface area contributed by atoms with E-state index in [1.165, 1.54) is 6.26 Å². The minimum atomic E-state index is -3.32. The Morgan fingerprint density at radius 1 is 1.06 bits per heavy atom. The van der Waals surface area contributed by atoms with Crippen LogP contribution in [0.25, 0.3) is 21.8 Å². The van der Waals surface area contributed by atoms with Crippen LogP contribution in [-0.4, -0.2) is 44.1 Å². The molecule has 1 atom stereocenters. The number of hydrogen-bond donors (Lipinski definition) is 2. The molecule has 0 fully saturated rings. The van der Waals surface area contributed by atoms with Gasteiger partial charge < -0.3 is 19.7 Å². The van der Waals surface area contributed by atoms with Crippen LogP contribution in [0.1, 0.15) is 0 Å². The van der Waals surface area contributed by atoms with Gasteiger partial charge in [-0.05, 0) is 48.5 Å². The fourth-order valence-corrected chi connectivity index (χ4v) is 4.73. The molecule has 4 rings (SSSR count). The maximum Gasteiger partial charge on any atom is 0.175 e. The Bertz CT molecular complexity index is 1370. The van der Waals surface area contributed by atoms with Crippen molar-refractivity contribution in [2.75, 3.05) is 25.2 Å². The van der Waals surface area contributed by atoms with Gasteiger partial charge in [-0.1, -0.05) is 22.0 Å². The molecule has 0 aliphatic rings. The van der Waals surface area contributed by atoms with E-state index < -0.39 is 15.9 Å². The quantitative estimate of drug-likeness (QED) is 0.390. The van der Waals surface area contributed by atoms with E-state index in [-0.39, 0.29) is 4.90 Å². The first kappa shape index (κ1) is 21.7. The predicted octanol–water partition coefficient (Wildman–Crippen LogP) is 4.44. The molecule has 0 spiro atoms. The average Bonchev–Trinajstić information content (AvgIpc) is 3.04. The van der Waals surface area contributed by atoms with Gasteiger partial charge in [0.15, 0.2) is 9.84 Å². The summed E-state index contributed by atoms with van der Waals surface area (Å²) in [4.78, 5) is 0.277. The minimum Gasteiger partial charge on any atom is -0.497 e. The van der Waals surface area contributed by atoms with E-state index in [0.717, 1.165) is 37.7 Å². The lowest BCUT2D eigenvalue weighted by molar-refractivity contribution is 0.169. The Balaban J connectivity index is 1.67. The van der Waals surface area contributed by atoms with Crippen LogP contribution >= 0.6 is 15.9 Å². The largest absolute Gasteiger partial charge is 0.497 e. The summed E-state index contributed by atoms with van der Waals surface area (Å²) >= 11 is 3.50. The molecule has 0 bridgehead atoms. The van der Waals surface area contributed by atoms with E-state index in [1.54, 1.807) is 19.2 Å². The number of sulfone groups is 1. The van der Waals surface area contributed by atoms with Crippen molar-refractivity contribution in [1.82, 2.24) is 4.57 Å². The topological polar surface area (TPSA) is 80.6 Å². The lowest BCUT2D eigenvalue weighted by Gasteiger charge is -2.16. The molecule has 31 heavy (non-hydrogen) atoms. The van der Waals surface area contributed by atoms with Gasteiger partial charge in [-0.3, -0.25) is 0 Å². The summed E-state index contributed by atoms with van der Waals surface area (Å²) < 4.78 is 32.3. The van der Waals surface area contributed by atoms with Crippen molar-refractivity contribution in [3.05, 3.63) is 65.1 Å². The van der Waals surface area contributed by atoms with E-state index in [9.17, 15) is 13.5 Å². The molecule has 0 saturated carbocycles. The Hall–Kier alpha value is -2.55. The molecule has 1 heterocycles. The molecule has 2 N–H and O–H groups in total. The first-order chi connectivity index (χ1) is 14.8. The number of halogens is 1. The second-order valence-corrected chi connectivity index (χ2v) is 10.4. The molecular formula is C23H23BrN2O4S. The Labute approximate surface area is 189 Å². The van der Waals surface area contributed by atoms with E-state index in [1.807, 2.05) is 53.1 Å². The fourth-order valence-electron chi connectivity index (χ4n) is 3.73. The van der Waals surface area contributed by atoms with Crippen molar-refractivity contribution in [3.8, 4) is 5.75 Å². The van der Waals surface area contributed by atoms with E-state index in [2.05, 4.69) is 21.2 Å². The van der Waals surface area contributed by atoms with Gasteiger partial charge in [-0.25, -0.2) is 8.42 Å². The highest BCUT2D eigenvalue weighted by molar-refractivity contribution is 9.10. The van der Waals surface area contributed by atoms with Gasteiger partial charge in [-0.15, -0.1) is 0 Å². The Morgan fingerprint density at radius 2 is 1.77 bits per heavy atom. The molecule has 0 amide bonds. The predicted molar refractivity (Wildman–Crippen MR) is 128 cm³/mol. The fraction of sp³-hybridized carbons (Fsp3) is 0.217. The van der Waals surface area contributed by atoms with Gasteiger partial charge >= 0.3 is 0 Å². The van der Waals surface area contributed by atoms with Crippen LogP contribution in [0.4, 0.5) is 5.69 Å². The zero-order chi connectivity index (χ0) is 22.2. The zero-order valence-corrected chi connectivity index (χ0v) is 19.6. The lowest BCUT2D eigenvalue weighted by Crippen LogP contribution is -2.24. The Kier molecular flexibility index (Phi) is 5.96. The van der Waals surface area contributed by atoms with Gasteiger partial charge in [0.1, 0.15) is 5.75 Å². The molecule has 6 nitrogen and oxygen atoms in total. The molecule has 0 aliphatic carbocycles. The summed E-state index contributed by atoms with van der Waals surface area (Å²) in [5.41, 5.74) is 2.67. The van der Waals surface area contributed by atoms with E-state index in [0.29, 0.717) is 13.1 Å². The molecule has 0 aliphatic heterocycles. The SMILES string of the molecule is COc1cccc(NCC(O)Cn2c3ccc(Br)cc3c3cc(S(C)(=O)=O)ccc32)c1. The first-order valence-electron chi connectivity index (χ1n) is 9.74. The van der Waals surface area contributed by atoms with E-state index >= 15 is 0 Å². The zero-order valence-electron chi connectivity index (χ0n) is 17.2. The van der Waals surface area contributed by atoms with Crippen molar-refractivity contribution < 1.29 is 18.3 Å². The monoisotopic (exact) mass is 502 g/mol. The standard InChI is InChI=1S/C23H23BrN2O4S/c1-30-18-5-3-4-16(11-18)25-13-17(27)14-26-22-8-6-15(24)10-20(22)21-12-19(31(2,28)29)7-9-23(21)26/h3-12,17,25,27H,13-14H2,1-2H3. The second-order valence-electron chi connectivity index (χ2n) is 7.49. The lowest BCUT2D eigenvalue weighted by atomic mass is 10.1. The van der Waals surface area contributed by atoms with Crippen LogP contribution < -0.4 is 10.1 Å². The molecule has 1 unspecified atom stereocenters. The van der Waals surface area contributed by atoms with Gasteiger partial charge in [-0.2, -0.15) is 0 Å². The first-order valence-corrected chi connectivity index (χ1v) is 12.4. The van der Waals surface area contributed by atoms with Crippen LogP contribution in [0.15, 0.2) is 70.0 Å². The van der Waals surface area contributed by atoms with Crippen molar-refractivity contribution >= 4 is 53.3 Å². The minimum absolute atomic E-state index is 0.277. The number of anilines is 1. The van der Waals surface area contributed by atoms with Crippen LogP contribution in [0.5, 0.6) is 5.75 Å². The third kappa shape index (κ3) is 4.56. The third-order valence-electron chi connectivity index (χ3n) is 5.23. The third-order valence-corrected chi connectivity index (χ3v) is 6.83. The smallest absolute Gasteiger partial charge is 0.175 e. The van der Waals surface area contributed by atoms with Crippen molar-refractivity contribution in [3.63, 3.8) is 0 Å². The summed E-state index contributed by atoms with van der Waals surface area (Å²) in [6.45, 7) is 0.711. The van der Waals surface area contributed by atoms with Gasteiger partial charge in [0.2, 0.25) is 0 Å². The molecule has 8 heteroatoms. The molecule has 4 aromatic rings. The summed E-state index contributed by atoms with van der Waals surface area (Å²) in [6, 6.07) is 18.6. The molecule has 1 aromatic heterocycles. The molecule has 0 radical (unpaired) electrons. The number of benzene rings is 3. The summed E-state index contributed by atoms with van der Waals surface area (Å²) in [5.74, 6) is 0.745. The van der Waals surface area contributed by atoms with Crippen LogP contribution in [0, 0.1) is 0 Å². The number of fused-ring (bicyclic) bond motifs is 3. The second kappa shape index (κ2) is 8.53.